The van der Waals surface area contributed by atoms with Gasteiger partial charge in [0.15, 0.2) is 5.65 Å². The maximum Gasteiger partial charge on any atom is 0.161 e. The van der Waals surface area contributed by atoms with Crippen LogP contribution >= 0.6 is 11.8 Å². The van der Waals surface area contributed by atoms with Crippen molar-refractivity contribution in [2.24, 2.45) is 0 Å². The van der Waals surface area contributed by atoms with Gasteiger partial charge in [0.1, 0.15) is 17.2 Å². The van der Waals surface area contributed by atoms with Crippen molar-refractivity contribution < 1.29 is 4.74 Å². The van der Waals surface area contributed by atoms with E-state index in [2.05, 4.69) is 25.5 Å². The van der Waals surface area contributed by atoms with Gasteiger partial charge in [-0.05, 0) is 6.26 Å². The summed E-state index contributed by atoms with van der Waals surface area (Å²) in [5.41, 5.74) is 0.749. The number of aromatic nitrogens is 4. The first-order valence-corrected chi connectivity index (χ1v) is 6.05. The Kier molecular flexibility index (Phi) is 3.58. The highest BCUT2D eigenvalue weighted by atomic mass is 32.2. The van der Waals surface area contributed by atoms with E-state index >= 15 is 0 Å². The Morgan fingerprint density at radius 2 is 2.38 bits per heavy atom. The van der Waals surface area contributed by atoms with Crippen LogP contribution in [0.5, 0.6) is 0 Å². The van der Waals surface area contributed by atoms with Crippen LogP contribution in [-0.2, 0) is 4.74 Å². The van der Waals surface area contributed by atoms with Gasteiger partial charge in [-0.25, -0.2) is 9.97 Å². The molecule has 6 nitrogen and oxygen atoms in total. The Morgan fingerprint density at radius 1 is 1.50 bits per heavy atom. The number of rotatable bonds is 5. The van der Waals surface area contributed by atoms with Crippen molar-refractivity contribution in [3.63, 3.8) is 0 Å². The Hall–Kier alpha value is -1.34. The third kappa shape index (κ3) is 2.10. The average Bonchev–Trinajstić information content (AvgIpc) is 2.73. The van der Waals surface area contributed by atoms with Gasteiger partial charge < -0.3 is 10.1 Å². The number of hydrogen-bond acceptors (Lipinski definition) is 6. The Bertz CT molecular complexity index is 472. The van der Waals surface area contributed by atoms with E-state index in [0.717, 1.165) is 21.9 Å². The van der Waals surface area contributed by atoms with E-state index in [4.69, 9.17) is 4.74 Å². The molecule has 16 heavy (non-hydrogen) atoms. The Balaban J connectivity index is 2.31. The highest BCUT2D eigenvalue weighted by Gasteiger charge is 2.11. The van der Waals surface area contributed by atoms with Gasteiger partial charge in [0.05, 0.1) is 12.0 Å². The van der Waals surface area contributed by atoms with Crippen LogP contribution in [0.4, 0.5) is 5.82 Å². The summed E-state index contributed by atoms with van der Waals surface area (Å²) in [5, 5.41) is 12.1. The van der Waals surface area contributed by atoms with Crippen LogP contribution in [-0.4, -0.2) is 46.7 Å². The lowest BCUT2D eigenvalue weighted by atomic mass is 10.4. The molecule has 0 saturated carbocycles. The van der Waals surface area contributed by atoms with Gasteiger partial charge in [0.2, 0.25) is 0 Å². The van der Waals surface area contributed by atoms with Gasteiger partial charge in [-0.2, -0.15) is 5.10 Å². The summed E-state index contributed by atoms with van der Waals surface area (Å²) in [6, 6.07) is 0. The molecule has 2 aromatic heterocycles. The molecule has 0 aromatic carbocycles. The molecule has 7 heteroatoms. The van der Waals surface area contributed by atoms with Gasteiger partial charge >= 0.3 is 0 Å². The van der Waals surface area contributed by atoms with Crippen LogP contribution in [0.1, 0.15) is 0 Å². The predicted octanol–water partition coefficient (Wildman–Crippen LogP) is 1.13. The van der Waals surface area contributed by atoms with Gasteiger partial charge in [0, 0.05) is 13.7 Å². The van der Waals surface area contributed by atoms with Crippen molar-refractivity contribution in [2.75, 3.05) is 31.8 Å². The minimum absolute atomic E-state index is 0.637. The molecule has 0 radical (unpaired) electrons. The van der Waals surface area contributed by atoms with Crippen molar-refractivity contribution in [1.29, 1.82) is 0 Å². The summed E-state index contributed by atoms with van der Waals surface area (Å²) in [5.74, 6) is 0.792. The van der Waals surface area contributed by atoms with Crippen LogP contribution in [0.2, 0.25) is 0 Å². The monoisotopic (exact) mass is 239 g/mol. The maximum atomic E-state index is 4.98. The topological polar surface area (TPSA) is 75.7 Å². The highest BCUT2D eigenvalue weighted by Crippen LogP contribution is 2.27. The minimum atomic E-state index is 0.637. The number of nitrogens with one attached hydrogen (secondary N) is 2. The Labute approximate surface area is 97.2 Å². The van der Waals surface area contributed by atoms with Crippen LogP contribution in [0.3, 0.4) is 0 Å². The van der Waals surface area contributed by atoms with Crippen LogP contribution in [0.15, 0.2) is 11.4 Å². The lowest BCUT2D eigenvalue weighted by molar-refractivity contribution is 0.210. The maximum absolute atomic E-state index is 4.98. The van der Waals surface area contributed by atoms with E-state index in [1.807, 2.05) is 6.26 Å². The molecule has 0 aliphatic carbocycles. The first-order chi connectivity index (χ1) is 7.86. The number of fused-ring (bicyclic) bond motifs is 1. The van der Waals surface area contributed by atoms with Gasteiger partial charge in [-0.15, -0.1) is 11.8 Å². The Morgan fingerprint density at radius 3 is 3.12 bits per heavy atom. The summed E-state index contributed by atoms with van der Waals surface area (Å²) in [6.45, 7) is 1.35. The number of nitrogens with zero attached hydrogens (tertiary/aromatic N) is 3. The quantitative estimate of drug-likeness (QED) is 0.602. The molecule has 0 aliphatic rings. The van der Waals surface area contributed by atoms with E-state index in [9.17, 15) is 0 Å². The largest absolute Gasteiger partial charge is 0.383 e. The number of methoxy groups -OCH3 is 1. The number of anilines is 1. The summed E-state index contributed by atoms with van der Waals surface area (Å²) < 4.78 is 4.98. The molecule has 0 aliphatic heterocycles. The zero-order valence-electron chi connectivity index (χ0n) is 9.15. The highest BCUT2D eigenvalue weighted by molar-refractivity contribution is 7.98. The third-order valence-electron chi connectivity index (χ3n) is 2.12. The number of hydrogen-bond donors (Lipinski definition) is 2. The van der Waals surface area contributed by atoms with Crippen LogP contribution in [0.25, 0.3) is 11.0 Å². The van der Waals surface area contributed by atoms with E-state index in [1.165, 1.54) is 6.33 Å². The number of aromatic amines is 1. The molecule has 0 unspecified atom stereocenters. The standard InChI is InChI=1S/C9H13N5OS/c1-15-4-3-10-7-6-8(12-5-11-7)13-14-9(6)16-2/h5H,3-4H2,1-2H3,(H2,10,11,12,13,14). The average molecular weight is 239 g/mol. The second kappa shape index (κ2) is 5.13. The summed E-state index contributed by atoms with van der Waals surface area (Å²) in [7, 11) is 1.67. The lowest BCUT2D eigenvalue weighted by Gasteiger charge is -2.05. The zero-order chi connectivity index (χ0) is 11.4. The van der Waals surface area contributed by atoms with E-state index in [-0.39, 0.29) is 0 Å². The molecule has 2 rings (SSSR count). The molecular weight excluding hydrogens is 226 g/mol. The molecule has 0 atom stereocenters. The smallest absolute Gasteiger partial charge is 0.161 e. The summed E-state index contributed by atoms with van der Waals surface area (Å²) in [4.78, 5) is 8.33. The molecule has 2 heterocycles. The molecule has 2 N–H and O–H groups in total. The molecular formula is C9H13N5OS. The van der Waals surface area contributed by atoms with Gasteiger partial charge in [-0.1, -0.05) is 0 Å². The SMILES string of the molecule is COCCNc1ncnc2[nH]nc(SC)c12. The third-order valence-corrected chi connectivity index (χ3v) is 2.80. The molecule has 0 spiro atoms. The zero-order valence-corrected chi connectivity index (χ0v) is 9.97. The number of H-pyrrole nitrogens is 1. The molecule has 86 valence electrons. The lowest BCUT2D eigenvalue weighted by Crippen LogP contribution is -2.09. The second-order valence-electron chi connectivity index (χ2n) is 3.10. The molecule has 2 aromatic rings. The van der Waals surface area contributed by atoms with Crippen LogP contribution in [0, 0.1) is 0 Å². The first kappa shape index (κ1) is 11.2. The fraction of sp³-hybridized carbons (Fsp3) is 0.444. The van der Waals surface area contributed by atoms with E-state index < -0.39 is 0 Å². The van der Waals surface area contributed by atoms with Crippen molar-refractivity contribution >= 4 is 28.6 Å². The van der Waals surface area contributed by atoms with Crippen molar-refractivity contribution in [1.82, 2.24) is 20.2 Å². The number of thioether (sulfide) groups is 1. The van der Waals surface area contributed by atoms with E-state index in [0.29, 0.717) is 13.2 Å². The summed E-state index contributed by atoms with van der Waals surface area (Å²) in [6.07, 6.45) is 3.49. The molecule has 0 bridgehead atoms. The van der Waals surface area contributed by atoms with Crippen LogP contribution < -0.4 is 5.32 Å². The van der Waals surface area contributed by atoms with Crippen molar-refractivity contribution in [3.8, 4) is 0 Å². The molecule has 0 saturated heterocycles. The fourth-order valence-corrected chi connectivity index (χ4v) is 1.92. The van der Waals surface area contributed by atoms with Gasteiger partial charge in [0.25, 0.3) is 0 Å². The van der Waals surface area contributed by atoms with E-state index in [1.54, 1.807) is 18.9 Å². The van der Waals surface area contributed by atoms with Gasteiger partial charge in [-0.3, -0.25) is 5.10 Å². The van der Waals surface area contributed by atoms with Crippen molar-refractivity contribution in [2.45, 2.75) is 5.03 Å². The normalized spacial score (nSPS) is 10.9. The summed E-state index contributed by atoms with van der Waals surface area (Å²) >= 11 is 1.56. The fourth-order valence-electron chi connectivity index (χ4n) is 1.39. The first-order valence-electron chi connectivity index (χ1n) is 4.82. The van der Waals surface area contributed by atoms with Crippen molar-refractivity contribution in [3.05, 3.63) is 6.33 Å². The minimum Gasteiger partial charge on any atom is -0.383 e. The second-order valence-corrected chi connectivity index (χ2v) is 3.89. The predicted molar refractivity (Wildman–Crippen MR) is 63.8 cm³/mol. The number of ether oxygens (including phenoxy) is 1. The molecule has 0 amide bonds. The molecule has 0 fully saturated rings.